The summed E-state index contributed by atoms with van der Waals surface area (Å²) in [6.45, 7) is 3.76. The highest BCUT2D eigenvalue weighted by Crippen LogP contribution is 2.48. The van der Waals surface area contributed by atoms with E-state index in [1.807, 2.05) is 19.1 Å². The Hall–Kier alpha value is -1.63. The van der Waals surface area contributed by atoms with Crippen molar-refractivity contribution >= 4 is 41.3 Å². The molecule has 3 heterocycles. The zero-order valence-electron chi connectivity index (χ0n) is 14.1. The van der Waals surface area contributed by atoms with Crippen LogP contribution >= 0.6 is 23.4 Å². The van der Waals surface area contributed by atoms with Gasteiger partial charge in [-0.05, 0) is 43.7 Å². The summed E-state index contributed by atoms with van der Waals surface area (Å²) in [5.41, 5.74) is 2.16. The molecule has 1 aromatic rings. The molecule has 3 aliphatic rings. The number of carbonyl (C=O) groups excluding carboxylic acids is 1. The highest BCUT2D eigenvalue weighted by atomic mass is 35.5. The Labute approximate surface area is 156 Å². The van der Waals surface area contributed by atoms with E-state index < -0.39 is 0 Å². The second kappa shape index (κ2) is 6.59. The quantitative estimate of drug-likeness (QED) is 0.747. The fraction of sp³-hybridized carbons (Fsp3) is 0.389. The summed E-state index contributed by atoms with van der Waals surface area (Å²) in [5.74, 6) is 0.515. The first kappa shape index (κ1) is 16.8. The molecule has 0 spiro atoms. The standard InChI is InChI=1S/C18H19ClN4OS/c1-11-21-17-16(14-7-8-22(2)10-15(14)25-17)18(24)23(11)20-9-12-3-5-13(19)6-4-12/h3-6,9,16-17H,7-8,10H2,1-2H3/b20-9+. The normalized spacial score (nSPS) is 26.9. The van der Waals surface area contributed by atoms with E-state index in [9.17, 15) is 4.79 Å². The van der Waals surface area contributed by atoms with Crippen LogP contribution in [0.3, 0.4) is 0 Å². The molecular weight excluding hydrogens is 356 g/mol. The Morgan fingerprint density at radius 1 is 1.36 bits per heavy atom. The van der Waals surface area contributed by atoms with Gasteiger partial charge in [-0.1, -0.05) is 23.7 Å². The summed E-state index contributed by atoms with van der Waals surface area (Å²) >= 11 is 7.65. The molecule has 0 fully saturated rings. The Balaban J connectivity index is 1.59. The number of amides is 1. The molecule has 0 saturated carbocycles. The van der Waals surface area contributed by atoms with E-state index in [-0.39, 0.29) is 17.2 Å². The van der Waals surface area contributed by atoms with Gasteiger partial charge >= 0.3 is 0 Å². The minimum absolute atomic E-state index is 0.0222. The zero-order valence-corrected chi connectivity index (χ0v) is 15.7. The maximum atomic E-state index is 13.1. The van der Waals surface area contributed by atoms with Crippen molar-refractivity contribution in [2.45, 2.75) is 18.7 Å². The number of fused-ring (bicyclic) bond motifs is 2. The molecule has 0 radical (unpaired) electrons. The Morgan fingerprint density at radius 2 is 2.12 bits per heavy atom. The van der Waals surface area contributed by atoms with Crippen LogP contribution in [0.1, 0.15) is 18.9 Å². The van der Waals surface area contributed by atoms with Crippen molar-refractivity contribution in [2.75, 3.05) is 20.1 Å². The second-order valence-corrected chi connectivity index (χ2v) is 8.19. The van der Waals surface area contributed by atoms with Crippen molar-refractivity contribution < 1.29 is 4.79 Å². The lowest BCUT2D eigenvalue weighted by molar-refractivity contribution is -0.131. The smallest absolute Gasteiger partial charge is 0.258 e. The number of aliphatic imine (C=N–C) groups is 1. The minimum atomic E-state index is -0.167. The highest BCUT2D eigenvalue weighted by Gasteiger charge is 2.46. The number of benzene rings is 1. The lowest BCUT2D eigenvalue weighted by atomic mass is 9.91. The summed E-state index contributed by atoms with van der Waals surface area (Å²) in [6, 6.07) is 7.36. The molecule has 7 heteroatoms. The molecule has 1 amide bonds. The zero-order chi connectivity index (χ0) is 17.6. The molecule has 5 nitrogen and oxygen atoms in total. The van der Waals surface area contributed by atoms with E-state index in [2.05, 4.69) is 17.0 Å². The second-order valence-electron chi connectivity index (χ2n) is 6.54. The number of halogens is 1. The van der Waals surface area contributed by atoms with Crippen LogP contribution in [0.2, 0.25) is 5.02 Å². The SMILES string of the molecule is CC1=NC2SC3=C(CCN(C)C3)C2C(=O)N1/N=C/c1ccc(Cl)cc1. The molecule has 4 rings (SSSR count). The fourth-order valence-corrected chi connectivity index (χ4v) is 5.13. The predicted octanol–water partition coefficient (Wildman–Crippen LogP) is 3.21. The molecule has 0 saturated heterocycles. The van der Waals surface area contributed by atoms with Crippen molar-refractivity contribution in [3.05, 3.63) is 45.3 Å². The summed E-state index contributed by atoms with van der Waals surface area (Å²) < 4.78 is 0. The molecule has 3 aliphatic heterocycles. The molecular formula is C18H19ClN4OS. The van der Waals surface area contributed by atoms with Gasteiger partial charge in [-0.2, -0.15) is 10.1 Å². The van der Waals surface area contributed by atoms with Crippen LogP contribution in [0.4, 0.5) is 0 Å². The van der Waals surface area contributed by atoms with Gasteiger partial charge in [-0.3, -0.25) is 9.79 Å². The lowest BCUT2D eigenvalue weighted by Crippen LogP contribution is -2.44. The van der Waals surface area contributed by atoms with Crippen LogP contribution in [0.25, 0.3) is 0 Å². The third-order valence-electron chi connectivity index (χ3n) is 4.75. The van der Waals surface area contributed by atoms with Crippen LogP contribution in [0, 0.1) is 5.92 Å². The van der Waals surface area contributed by atoms with Crippen LogP contribution in [0.5, 0.6) is 0 Å². The van der Waals surface area contributed by atoms with Gasteiger partial charge in [0.1, 0.15) is 11.2 Å². The fourth-order valence-electron chi connectivity index (χ4n) is 3.42. The predicted molar refractivity (Wildman–Crippen MR) is 103 cm³/mol. The number of amidine groups is 1. The van der Waals surface area contributed by atoms with Crippen molar-refractivity contribution in [3.63, 3.8) is 0 Å². The number of hydrogen-bond acceptors (Lipinski definition) is 5. The van der Waals surface area contributed by atoms with Gasteiger partial charge in [-0.25, -0.2) is 0 Å². The first-order valence-corrected chi connectivity index (χ1v) is 9.54. The maximum absolute atomic E-state index is 13.1. The number of hydrazone groups is 1. The average Bonchev–Trinajstić information content (AvgIpc) is 2.93. The third kappa shape index (κ3) is 3.14. The van der Waals surface area contributed by atoms with Crippen molar-refractivity contribution in [1.82, 2.24) is 9.91 Å². The first-order chi connectivity index (χ1) is 12.0. The molecule has 0 N–H and O–H groups in total. The van der Waals surface area contributed by atoms with Crippen molar-refractivity contribution in [1.29, 1.82) is 0 Å². The molecule has 1 aromatic carbocycles. The Morgan fingerprint density at radius 3 is 2.88 bits per heavy atom. The Bertz CT molecular complexity index is 802. The van der Waals surface area contributed by atoms with Gasteiger partial charge in [0.2, 0.25) is 0 Å². The largest absolute Gasteiger partial charge is 0.301 e. The number of nitrogens with zero attached hydrogens (tertiary/aromatic N) is 4. The van der Waals surface area contributed by atoms with E-state index in [1.165, 1.54) is 15.5 Å². The van der Waals surface area contributed by atoms with Gasteiger partial charge in [0, 0.05) is 23.0 Å². The first-order valence-electron chi connectivity index (χ1n) is 8.28. The molecule has 2 atom stereocenters. The number of rotatable bonds is 2. The van der Waals surface area contributed by atoms with Gasteiger partial charge in [0.15, 0.2) is 0 Å². The van der Waals surface area contributed by atoms with Crippen LogP contribution in [0.15, 0.2) is 44.8 Å². The van der Waals surface area contributed by atoms with Crippen molar-refractivity contribution in [2.24, 2.45) is 16.0 Å². The van der Waals surface area contributed by atoms with Gasteiger partial charge < -0.3 is 4.90 Å². The number of likely N-dealkylation sites (N-methyl/N-ethyl adjacent to an activating group) is 1. The van der Waals surface area contributed by atoms with Crippen LogP contribution < -0.4 is 0 Å². The maximum Gasteiger partial charge on any atom is 0.258 e. The van der Waals surface area contributed by atoms with E-state index in [0.29, 0.717) is 10.9 Å². The lowest BCUT2D eigenvalue weighted by Gasteiger charge is -2.30. The van der Waals surface area contributed by atoms with Gasteiger partial charge in [0.05, 0.1) is 12.1 Å². The summed E-state index contributed by atoms with van der Waals surface area (Å²) in [6.07, 6.45) is 2.62. The van der Waals surface area contributed by atoms with E-state index in [0.717, 1.165) is 25.1 Å². The molecule has 0 bridgehead atoms. The van der Waals surface area contributed by atoms with Crippen LogP contribution in [-0.2, 0) is 4.79 Å². The Kier molecular flexibility index (Phi) is 4.43. The molecule has 2 unspecified atom stereocenters. The summed E-state index contributed by atoms with van der Waals surface area (Å²) in [5, 5.41) is 6.50. The topological polar surface area (TPSA) is 48.3 Å². The van der Waals surface area contributed by atoms with E-state index in [4.69, 9.17) is 16.6 Å². The highest BCUT2D eigenvalue weighted by molar-refractivity contribution is 8.04. The monoisotopic (exact) mass is 374 g/mol. The average molecular weight is 375 g/mol. The number of hydrogen-bond donors (Lipinski definition) is 0. The van der Waals surface area contributed by atoms with Crippen LogP contribution in [-0.4, -0.2) is 53.4 Å². The molecule has 25 heavy (non-hydrogen) atoms. The molecule has 0 aromatic heterocycles. The number of carbonyl (C=O) groups is 1. The van der Waals surface area contributed by atoms with Gasteiger partial charge in [-0.15, -0.1) is 11.8 Å². The summed E-state index contributed by atoms with van der Waals surface area (Å²) in [7, 11) is 2.12. The third-order valence-corrected chi connectivity index (χ3v) is 6.29. The van der Waals surface area contributed by atoms with Gasteiger partial charge in [0.25, 0.3) is 5.91 Å². The summed E-state index contributed by atoms with van der Waals surface area (Å²) in [4.78, 5) is 21.4. The number of thioether (sulfide) groups is 1. The van der Waals surface area contributed by atoms with E-state index in [1.54, 1.807) is 30.1 Å². The molecule has 130 valence electrons. The van der Waals surface area contributed by atoms with E-state index >= 15 is 0 Å². The minimum Gasteiger partial charge on any atom is -0.301 e. The van der Waals surface area contributed by atoms with Crippen molar-refractivity contribution in [3.8, 4) is 0 Å². The molecule has 0 aliphatic carbocycles.